The van der Waals surface area contributed by atoms with Gasteiger partial charge in [-0.25, -0.2) is 0 Å². The van der Waals surface area contributed by atoms with Gasteiger partial charge in [-0.05, 0) is 31.0 Å². The van der Waals surface area contributed by atoms with Crippen molar-refractivity contribution in [1.82, 2.24) is 4.57 Å². The quantitative estimate of drug-likeness (QED) is 0.871. The van der Waals surface area contributed by atoms with Gasteiger partial charge in [0.05, 0.1) is 19.8 Å². The van der Waals surface area contributed by atoms with Gasteiger partial charge in [0.15, 0.2) is 0 Å². The Balaban J connectivity index is 2.16. The minimum Gasteiger partial charge on any atom is -0.496 e. The van der Waals surface area contributed by atoms with Crippen LogP contribution in [0.3, 0.4) is 0 Å². The van der Waals surface area contributed by atoms with E-state index in [2.05, 4.69) is 30.5 Å². The van der Waals surface area contributed by atoms with Gasteiger partial charge in [-0.3, -0.25) is 0 Å². The van der Waals surface area contributed by atoms with Crippen LogP contribution in [0.5, 0.6) is 5.75 Å². The van der Waals surface area contributed by atoms with E-state index in [1.165, 1.54) is 5.56 Å². The maximum absolute atomic E-state index is 10.0. The third-order valence-corrected chi connectivity index (χ3v) is 3.51. The van der Waals surface area contributed by atoms with Crippen LogP contribution in [0.4, 0.5) is 0 Å². The molecular weight excluding hydrogens is 250 g/mol. The second-order valence-electron chi connectivity index (χ2n) is 5.24. The predicted molar refractivity (Wildman–Crippen MR) is 81.1 cm³/mol. The molecule has 3 nitrogen and oxygen atoms in total. The second-order valence-corrected chi connectivity index (χ2v) is 5.24. The van der Waals surface area contributed by atoms with Crippen LogP contribution in [0.2, 0.25) is 0 Å². The fourth-order valence-electron chi connectivity index (χ4n) is 2.42. The molecule has 0 spiro atoms. The van der Waals surface area contributed by atoms with Gasteiger partial charge < -0.3 is 14.4 Å². The fourth-order valence-corrected chi connectivity index (χ4v) is 2.42. The molecule has 108 valence electrons. The summed E-state index contributed by atoms with van der Waals surface area (Å²) in [5.74, 6) is 0.903. The highest BCUT2D eigenvalue weighted by Gasteiger charge is 2.09. The van der Waals surface area contributed by atoms with E-state index in [-0.39, 0.29) is 6.10 Å². The van der Waals surface area contributed by atoms with Crippen LogP contribution in [0.25, 0.3) is 0 Å². The average Bonchev–Trinajstić information content (AvgIpc) is 2.88. The van der Waals surface area contributed by atoms with Gasteiger partial charge in [-0.2, -0.15) is 0 Å². The summed E-state index contributed by atoms with van der Waals surface area (Å²) in [4.78, 5) is 0. The van der Waals surface area contributed by atoms with Gasteiger partial charge in [0.2, 0.25) is 0 Å². The number of ether oxygens (including phenoxy) is 1. The lowest BCUT2D eigenvalue weighted by Gasteiger charge is -2.11. The number of nitrogens with zero attached hydrogens (tertiary/aromatic N) is 1. The highest BCUT2D eigenvalue weighted by molar-refractivity contribution is 5.37. The Morgan fingerprint density at radius 1 is 1.30 bits per heavy atom. The number of benzene rings is 1. The molecule has 0 amide bonds. The van der Waals surface area contributed by atoms with Crippen LogP contribution in [0, 0.1) is 6.92 Å². The predicted octanol–water partition coefficient (Wildman–Crippen LogP) is 3.69. The van der Waals surface area contributed by atoms with Crippen molar-refractivity contribution in [2.45, 2.75) is 39.3 Å². The van der Waals surface area contributed by atoms with Crippen molar-refractivity contribution in [1.29, 1.82) is 0 Å². The summed E-state index contributed by atoms with van der Waals surface area (Å²) in [6.45, 7) is 4.91. The Kier molecular flexibility index (Phi) is 4.85. The molecule has 1 N–H and O–H groups in total. The van der Waals surface area contributed by atoms with E-state index >= 15 is 0 Å². The van der Waals surface area contributed by atoms with Crippen molar-refractivity contribution in [3.63, 3.8) is 0 Å². The van der Waals surface area contributed by atoms with Crippen molar-refractivity contribution >= 4 is 0 Å². The SMILES string of the molecule is CCCC(O)c1ccn(Cc2cc(C)ccc2OC)c1. The molecular formula is C17H23NO2. The van der Waals surface area contributed by atoms with E-state index < -0.39 is 0 Å². The van der Waals surface area contributed by atoms with Crippen molar-refractivity contribution in [3.8, 4) is 5.75 Å². The monoisotopic (exact) mass is 273 g/mol. The van der Waals surface area contributed by atoms with E-state index in [4.69, 9.17) is 4.74 Å². The van der Waals surface area contributed by atoms with E-state index in [9.17, 15) is 5.11 Å². The minimum absolute atomic E-state index is 0.361. The molecule has 2 aromatic rings. The molecule has 2 rings (SSSR count). The Bertz CT molecular complexity index is 560. The van der Waals surface area contributed by atoms with Gasteiger partial charge in [-0.1, -0.05) is 31.0 Å². The summed E-state index contributed by atoms with van der Waals surface area (Å²) in [6.07, 6.45) is 5.45. The molecule has 1 aromatic carbocycles. The summed E-state index contributed by atoms with van der Waals surface area (Å²) < 4.78 is 7.49. The van der Waals surface area contributed by atoms with Crippen LogP contribution in [-0.4, -0.2) is 16.8 Å². The molecule has 1 heterocycles. The number of aliphatic hydroxyl groups excluding tert-OH is 1. The van der Waals surface area contributed by atoms with Gasteiger partial charge in [0, 0.05) is 18.0 Å². The van der Waals surface area contributed by atoms with Crippen LogP contribution in [0.1, 0.15) is 42.6 Å². The Morgan fingerprint density at radius 2 is 2.10 bits per heavy atom. The summed E-state index contributed by atoms with van der Waals surface area (Å²) in [5.41, 5.74) is 3.36. The standard InChI is InChI=1S/C17H23NO2/c1-4-5-16(19)14-8-9-18(11-14)12-15-10-13(2)6-7-17(15)20-3/h6-11,16,19H,4-5,12H2,1-3H3. The molecule has 0 aliphatic heterocycles. The molecule has 20 heavy (non-hydrogen) atoms. The van der Waals surface area contributed by atoms with Gasteiger partial charge in [0.25, 0.3) is 0 Å². The highest BCUT2D eigenvalue weighted by atomic mass is 16.5. The molecule has 1 atom stereocenters. The van der Waals surface area contributed by atoms with Crippen LogP contribution in [-0.2, 0) is 6.54 Å². The zero-order chi connectivity index (χ0) is 14.5. The summed E-state index contributed by atoms with van der Waals surface area (Å²) in [7, 11) is 1.69. The molecule has 3 heteroatoms. The topological polar surface area (TPSA) is 34.4 Å². The molecule has 0 radical (unpaired) electrons. The highest BCUT2D eigenvalue weighted by Crippen LogP contribution is 2.23. The fraction of sp³-hybridized carbons (Fsp3) is 0.412. The first-order valence-corrected chi connectivity index (χ1v) is 7.11. The molecule has 0 saturated heterocycles. The van der Waals surface area contributed by atoms with Crippen molar-refractivity contribution in [3.05, 3.63) is 53.3 Å². The average molecular weight is 273 g/mol. The first-order valence-electron chi connectivity index (χ1n) is 7.11. The zero-order valence-electron chi connectivity index (χ0n) is 12.5. The smallest absolute Gasteiger partial charge is 0.123 e. The number of methoxy groups -OCH3 is 1. The first kappa shape index (κ1) is 14.7. The normalized spacial score (nSPS) is 12.4. The third kappa shape index (κ3) is 3.42. The van der Waals surface area contributed by atoms with E-state index in [0.29, 0.717) is 0 Å². The van der Waals surface area contributed by atoms with E-state index in [1.54, 1.807) is 7.11 Å². The maximum atomic E-state index is 10.0. The van der Waals surface area contributed by atoms with Gasteiger partial charge >= 0.3 is 0 Å². The first-order chi connectivity index (χ1) is 9.63. The van der Waals surface area contributed by atoms with E-state index in [1.807, 2.05) is 24.5 Å². The number of hydrogen-bond donors (Lipinski definition) is 1. The largest absolute Gasteiger partial charge is 0.496 e. The number of aromatic nitrogens is 1. The van der Waals surface area contributed by atoms with Crippen LogP contribution in [0.15, 0.2) is 36.7 Å². The number of rotatable bonds is 6. The van der Waals surface area contributed by atoms with Crippen molar-refractivity contribution in [2.75, 3.05) is 7.11 Å². The maximum Gasteiger partial charge on any atom is 0.123 e. The summed E-state index contributed by atoms with van der Waals surface area (Å²) >= 11 is 0. The number of hydrogen-bond acceptors (Lipinski definition) is 2. The minimum atomic E-state index is -0.361. The molecule has 0 saturated carbocycles. The Labute approximate surface area is 120 Å². The zero-order valence-corrected chi connectivity index (χ0v) is 12.5. The van der Waals surface area contributed by atoms with Crippen molar-refractivity contribution < 1.29 is 9.84 Å². The van der Waals surface area contributed by atoms with Gasteiger partial charge in [-0.15, -0.1) is 0 Å². The second kappa shape index (κ2) is 6.62. The number of aliphatic hydroxyl groups is 1. The third-order valence-electron chi connectivity index (χ3n) is 3.51. The summed E-state index contributed by atoms with van der Waals surface area (Å²) in [6, 6.07) is 8.18. The molecule has 1 aromatic heterocycles. The Morgan fingerprint density at radius 3 is 2.80 bits per heavy atom. The Hall–Kier alpha value is -1.74. The summed E-state index contributed by atoms with van der Waals surface area (Å²) in [5, 5.41) is 10.0. The molecule has 0 bridgehead atoms. The molecule has 0 fully saturated rings. The number of aryl methyl sites for hydroxylation is 1. The lowest BCUT2D eigenvalue weighted by molar-refractivity contribution is 0.166. The van der Waals surface area contributed by atoms with Gasteiger partial charge in [0.1, 0.15) is 5.75 Å². The molecule has 0 aliphatic carbocycles. The lowest BCUT2D eigenvalue weighted by Crippen LogP contribution is -2.01. The van der Waals surface area contributed by atoms with Crippen LogP contribution < -0.4 is 4.74 Å². The van der Waals surface area contributed by atoms with Crippen LogP contribution >= 0.6 is 0 Å². The molecule has 1 unspecified atom stereocenters. The molecule has 0 aliphatic rings. The van der Waals surface area contributed by atoms with Crippen molar-refractivity contribution in [2.24, 2.45) is 0 Å². The van der Waals surface area contributed by atoms with E-state index in [0.717, 1.165) is 36.3 Å². The lowest BCUT2D eigenvalue weighted by atomic mass is 10.1.